The number of hydrogen-bond acceptors (Lipinski definition) is 4. The molecule has 2 rings (SSSR count). The standard InChI is InChI=1S/C18H30N2O2S/c1-5-15(16-10-8-12-23-16)19-14-9-6-7-11-20(13-14)17(21)22-18(2,3)4/h8,10,12,14-15,19H,5-7,9,11,13H2,1-4H3. The van der Waals surface area contributed by atoms with Crippen molar-refractivity contribution in [1.82, 2.24) is 10.2 Å². The number of carbonyl (C=O) groups is 1. The Balaban J connectivity index is 1.97. The minimum atomic E-state index is -0.435. The van der Waals surface area contributed by atoms with Crippen molar-refractivity contribution in [3.05, 3.63) is 22.4 Å². The number of ether oxygens (including phenoxy) is 1. The van der Waals surface area contributed by atoms with Gasteiger partial charge in [0, 0.05) is 30.1 Å². The summed E-state index contributed by atoms with van der Waals surface area (Å²) in [5.41, 5.74) is -0.435. The normalized spacial score (nSPS) is 20.9. The van der Waals surface area contributed by atoms with E-state index in [1.54, 1.807) is 11.3 Å². The highest BCUT2D eigenvalue weighted by Gasteiger charge is 2.27. The van der Waals surface area contributed by atoms with Crippen molar-refractivity contribution in [2.75, 3.05) is 13.1 Å². The number of rotatable bonds is 4. The Bertz CT molecular complexity index is 482. The van der Waals surface area contributed by atoms with E-state index in [4.69, 9.17) is 4.74 Å². The maximum Gasteiger partial charge on any atom is 0.410 e. The molecule has 1 aromatic heterocycles. The monoisotopic (exact) mass is 338 g/mol. The molecule has 0 aliphatic carbocycles. The van der Waals surface area contributed by atoms with Gasteiger partial charge < -0.3 is 15.0 Å². The summed E-state index contributed by atoms with van der Waals surface area (Å²) in [6.45, 7) is 9.49. The summed E-state index contributed by atoms with van der Waals surface area (Å²) < 4.78 is 5.55. The van der Waals surface area contributed by atoms with Gasteiger partial charge in [-0.15, -0.1) is 11.3 Å². The largest absolute Gasteiger partial charge is 0.444 e. The Morgan fingerprint density at radius 3 is 2.87 bits per heavy atom. The van der Waals surface area contributed by atoms with Crippen molar-refractivity contribution in [1.29, 1.82) is 0 Å². The number of hydrogen-bond donors (Lipinski definition) is 1. The Kier molecular flexibility index (Phi) is 6.48. The van der Waals surface area contributed by atoms with Crippen molar-refractivity contribution in [2.45, 2.75) is 71.1 Å². The first-order valence-electron chi connectivity index (χ1n) is 8.66. The van der Waals surface area contributed by atoms with Gasteiger partial charge in [0.25, 0.3) is 0 Å². The predicted molar refractivity (Wildman–Crippen MR) is 95.9 cm³/mol. The lowest BCUT2D eigenvalue weighted by atomic mass is 10.1. The molecule has 5 heteroatoms. The van der Waals surface area contributed by atoms with E-state index in [9.17, 15) is 4.79 Å². The molecule has 1 aliphatic heterocycles. The molecule has 1 N–H and O–H groups in total. The average Bonchev–Trinajstić information content (AvgIpc) is 2.89. The van der Waals surface area contributed by atoms with Gasteiger partial charge >= 0.3 is 6.09 Å². The second kappa shape index (κ2) is 8.15. The van der Waals surface area contributed by atoms with Crippen molar-refractivity contribution in [2.24, 2.45) is 0 Å². The Hall–Kier alpha value is -1.07. The SMILES string of the molecule is CCC(NC1CCCCN(C(=O)OC(C)(C)C)C1)c1cccs1. The van der Waals surface area contributed by atoms with Crippen LogP contribution in [-0.2, 0) is 4.74 Å². The van der Waals surface area contributed by atoms with Gasteiger partial charge in [-0.25, -0.2) is 4.79 Å². The van der Waals surface area contributed by atoms with Crippen LogP contribution in [0.2, 0.25) is 0 Å². The lowest BCUT2D eigenvalue weighted by Gasteiger charge is -2.30. The Labute approximate surface area is 144 Å². The summed E-state index contributed by atoms with van der Waals surface area (Å²) in [5.74, 6) is 0. The molecule has 0 spiro atoms. The van der Waals surface area contributed by atoms with E-state index in [1.165, 1.54) is 4.88 Å². The summed E-state index contributed by atoms with van der Waals surface area (Å²) in [5, 5.41) is 5.88. The molecule has 0 aromatic carbocycles. The number of amides is 1. The lowest BCUT2D eigenvalue weighted by molar-refractivity contribution is 0.0241. The topological polar surface area (TPSA) is 41.6 Å². The van der Waals surface area contributed by atoms with E-state index in [1.807, 2.05) is 25.7 Å². The molecular formula is C18H30N2O2S. The third kappa shape index (κ3) is 5.81. The second-order valence-corrected chi connectivity index (χ2v) is 8.24. The fraction of sp³-hybridized carbons (Fsp3) is 0.722. The first kappa shape index (κ1) is 18.3. The van der Waals surface area contributed by atoms with Crippen LogP contribution in [0.5, 0.6) is 0 Å². The zero-order valence-electron chi connectivity index (χ0n) is 14.8. The molecule has 4 nitrogen and oxygen atoms in total. The van der Waals surface area contributed by atoms with Crippen LogP contribution in [0.15, 0.2) is 17.5 Å². The lowest BCUT2D eigenvalue weighted by Crippen LogP contribution is -2.45. The smallest absolute Gasteiger partial charge is 0.410 e. The fourth-order valence-electron chi connectivity index (χ4n) is 2.95. The predicted octanol–water partition coefficient (Wildman–Crippen LogP) is 4.58. The summed E-state index contributed by atoms with van der Waals surface area (Å²) in [7, 11) is 0. The zero-order chi connectivity index (χ0) is 16.9. The molecule has 23 heavy (non-hydrogen) atoms. The summed E-state index contributed by atoms with van der Waals surface area (Å²) in [6, 6.07) is 4.99. The average molecular weight is 339 g/mol. The van der Waals surface area contributed by atoms with E-state index in [0.29, 0.717) is 12.1 Å². The molecule has 1 fully saturated rings. The number of nitrogens with one attached hydrogen (secondary N) is 1. The molecule has 1 aromatic rings. The van der Waals surface area contributed by atoms with Crippen molar-refractivity contribution >= 4 is 17.4 Å². The molecule has 130 valence electrons. The molecular weight excluding hydrogens is 308 g/mol. The van der Waals surface area contributed by atoms with Crippen LogP contribution >= 0.6 is 11.3 Å². The number of thiophene rings is 1. The maximum absolute atomic E-state index is 12.4. The number of nitrogens with zero attached hydrogens (tertiary/aromatic N) is 1. The fourth-order valence-corrected chi connectivity index (χ4v) is 3.82. The summed E-state index contributed by atoms with van der Waals surface area (Å²) in [6.07, 6.45) is 4.19. The van der Waals surface area contributed by atoms with Gasteiger partial charge in [0.15, 0.2) is 0 Å². The van der Waals surface area contributed by atoms with Gasteiger partial charge in [-0.1, -0.05) is 19.4 Å². The van der Waals surface area contributed by atoms with Crippen LogP contribution in [-0.4, -0.2) is 35.7 Å². The van der Waals surface area contributed by atoms with Crippen LogP contribution < -0.4 is 5.32 Å². The van der Waals surface area contributed by atoms with Gasteiger partial charge in [-0.2, -0.15) is 0 Å². The third-order valence-electron chi connectivity index (χ3n) is 4.05. The minimum absolute atomic E-state index is 0.185. The van der Waals surface area contributed by atoms with Crippen LogP contribution in [0.25, 0.3) is 0 Å². The van der Waals surface area contributed by atoms with E-state index < -0.39 is 5.60 Å². The van der Waals surface area contributed by atoms with Crippen LogP contribution in [0, 0.1) is 0 Å². The quantitative estimate of drug-likeness (QED) is 0.874. The Morgan fingerprint density at radius 2 is 2.26 bits per heavy atom. The van der Waals surface area contributed by atoms with Crippen LogP contribution in [0.1, 0.15) is 64.3 Å². The first-order valence-corrected chi connectivity index (χ1v) is 9.54. The van der Waals surface area contributed by atoms with Crippen molar-refractivity contribution in [3.63, 3.8) is 0 Å². The van der Waals surface area contributed by atoms with E-state index in [2.05, 4.69) is 29.8 Å². The van der Waals surface area contributed by atoms with Gasteiger partial charge in [-0.05, 0) is 51.5 Å². The molecule has 2 heterocycles. The highest BCUT2D eigenvalue weighted by atomic mass is 32.1. The van der Waals surface area contributed by atoms with E-state index in [0.717, 1.165) is 38.8 Å². The van der Waals surface area contributed by atoms with Crippen LogP contribution in [0.3, 0.4) is 0 Å². The van der Waals surface area contributed by atoms with Gasteiger partial charge in [0.1, 0.15) is 5.60 Å². The molecule has 1 saturated heterocycles. The Morgan fingerprint density at radius 1 is 1.48 bits per heavy atom. The molecule has 0 saturated carbocycles. The first-order chi connectivity index (χ1) is 10.9. The third-order valence-corrected chi connectivity index (χ3v) is 5.04. The zero-order valence-corrected chi connectivity index (χ0v) is 15.6. The van der Waals surface area contributed by atoms with E-state index >= 15 is 0 Å². The molecule has 0 bridgehead atoms. The molecule has 0 radical (unpaired) electrons. The van der Waals surface area contributed by atoms with Gasteiger partial charge in [0.2, 0.25) is 0 Å². The van der Waals surface area contributed by atoms with Gasteiger partial charge in [-0.3, -0.25) is 0 Å². The molecule has 1 aliphatic rings. The maximum atomic E-state index is 12.4. The molecule has 2 atom stereocenters. The minimum Gasteiger partial charge on any atom is -0.444 e. The number of carbonyl (C=O) groups excluding carboxylic acids is 1. The van der Waals surface area contributed by atoms with E-state index in [-0.39, 0.29) is 6.09 Å². The summed E-state index contributed by atoms with van der Waals surface area (Å²) >= 11 is 1.80. The van der Waals surface area contributed by atoms with Crippen molar-refractivity contribution < 1.29 is 9.53 Å². The number of likely N-dealkylation sites (tertiary alicyclic amines) is 1. The second-order valence-electron chi connectivity index (χ2n) is 7.26. The summed E-state index contributed by atoms with van der Waals surface area (Å²) in [4.78, 5) is 15.6. The van der Waals surface area contributed by atoms with Crippen LogP contribution in [0.4, 0.5) is 4.79 Å². The van der Waals surface area contributed by atoms with Gasteiger partial charge in [0.05, 0.1) is 0 Å². The molecule has 2 unspecified atom stereocenters. The highest BCUT2D eigenvalue weighted by Crippen LogP contribution is 2.24. The highest BCUT2D eigenvalue weighted by molar-refractivity contribution is 7.10. The molecule has 1 amide bonds. The van der Waals surface area contributed by atoms with Crippen molar-refractivity contribution in [3.8, 4) is 0 Å².